The summed E-state index contributed by atoms with van der Waals surface area (Å²) in [6, 6.07) is 0. The van der Waals surface area contributed by atoms with Crippen molar-refractivity contribution >= 4 is 0 Å². The molecule has 0 aromatic rings. The number of alkyl halides is 12. The van der Waals surface area contributed by atoms with E-state index in [2.05, 4.69) is 0 Å². The average molecular weight is 342 g/mol. The number of rotatable bonds is 0. The number of hydrogen-bond acceptors (Lipinski definition) is 0. The van der Waals surface area contributed by atoms with Crippen LogP contribution in [-0.2, 0) is 0 Å². The van der Waals surface area contributed by atoms with Crippen LogP contribution in [0.2, 0.25) is 0 Å². The van der Waals surface area contributed by atoms with Gasteiger partial charge >= 0.3 is 24.7 Å². The third kappa shape index (κ3) is 3.68. The molecule has 0 amide bonds. The van der Waals surface area contributed by atoms with Crippen molar-refractivity contribution < 1.29 is 52.7 Å². The first-order chi connectivity index (χ1) is 8.97. The lowest BCUT2D eigenvalue weighted by Gasteiger charge is -2.31. The third-order valence-corrected chi connectivity index (χ3v) is 3.36. The summed E-state index contributed by atoms with van der Waals surface area (Å²) in [6.45, 7) is 0. The van der Waals surface area contributed by atoms with Crippen molar-refractivity contribution in [3.8, 4) is 0 Å². The van der Waals surface area contributed by atoms with Crippen molar-refractivity contribution in [3.05, 3.63) is 0 Å². The fraction of sp³-hybridized carbons (Fsp3) is 1.00. The Morgan fingerprint density at radius 1 is 0.429 bits per heavy atom. The third-order valence-electron chi connectivity index (χ3n) is 3.36. The van der Waals surface area contributed by atoms with Gasteiger partial charge in [-0.2, -0.15) is 52.7 Å². The Kier molecular flexibility index (Phi) is 4.19. The van der Waals surface area contributed by atoms with Crippen LogP contribution in [0.5, 0.6) is 0 Å². The van der Waals surface area contributed by atoms with Gasteiger partial charge in [0.15, 0.2) is 0 Å². The summed E-state index contributed by atoms with van der Waals surface area (Å²) in [4.78, 5) is 0. The molecule has 0 bridgehead atoms. The Hall–Kier alpha value is -0.840. The maximum absolute atomic E-state index is 12.5. The molecule has 0 heterocycles. The first-order valence-corrected chi connectivity index (χ1v) is 5.24. The molecule has 0 saturated heterocycles. The van der Waals surface area contributed by atoms with Crippen LogP contribution in [-0.4, -0.2) is 24.7 Å². The Morgan fingerprint density at radius 2 is 0.667 bits per heavy atom. The molecule has 21 heavy (non-hydrogen) atoms. The molecule has 0 N–H and O–H groups in total. The second kappa shape index (κ2) is 4.83. The molecule has 1 aliphatic rings. The summed E-state index contributed by atoms with van der Waals surface area (Å²) in [7, 11) is 0. The van der Waals surface area contributed by atoms with E-state index in [1.165, 1.54) is 0 Å². The maximum atomic E-state index is 12.5. The minimum absolute atomic E-state index is 2.29. The molecule has 1 aliphatic carbocycles. The van der Waals surface area contributed by atoms with Gasteiger partial charge in [-0.15, -0.1) is 0 Å². The van der Waals surface area contributed by atoms with Crippen molar-refractivity contribution in [2.45, 2.75) is 31.1 Å². The van der Waals surface area contributed by atoms with E-state index in [9.17, 15) is 52.7 Å². The van der Waals surface area contributed by atoms with Crippen LogP contribution < -0.4 is 0 Å². The van der Waals surface area contributed by atoms with Crippen LogP contribution in [0.15, 0.2) is 0 Å². The lowest BCUT2D eigenvalue weighted by Crippen LogP contribution is -2.45. The zero-order valence-corrected chi connectivity index (χ0v) is 9.55. The van der Waals surface area contributed by atoms with E-state index < -0.39 is 54.8 Å². The van der Waals surface area contributed by atoms with Crippen molar-refractivity contribution in [1.82, 2.24) is 0 Å². The van der Waals surface area contributed by atoms with E-state index in [4.69, 9.17) is 0 Å². The summed E-state index contributed by atoms with van der Waals surface area (Å²) in [6.07, 6.45) is -26.0. The van der Waals surface area contributed by atoms with Crippen molar-refractivity contribution in [2.75, 3.05) is 0 Å². The molecule has 1 saturated carbocycles. The molecular formula is C9H6F12. The van der Waals surface area contributed by atoms with Crippen LogP contribution in [0.1, 0.15) is 6.42 Å². The molecule has 4 unspecified atom stereocenters. The van der Waals surface area contributed by atoms with Gasteiger partial charge in [0.05, 0.1) is 23.7 Å². The van der Waals surface area contributed by atoms with Gasteiger partial charge in [-0.3, -0.25) is 0 Å². The first-order valence-electron chi connectivity index (χ1n) is 5.24. The minimum Gasteiger partial charge on any atom is -0.171 e. The van der Waals surface area contributed by atoms with Gasteiger partial charge < -0.3 is 0 Å². The normalized spacial score (nSPS) is 32.6. The highest BCUT2D eigenvalue weighted by Gasteiger charge is 2.73. The van der Waals surface area contributed by atoms with Gasteiger partial charge in [-0.05, 0) is 6.42 Å². The second-order valence-electron chi connectivity index (χ2n) is 4.67. The van der Waals surface area contributed by atoms with Gasteiger partial charge in [-0.25, -0.2) is 0 Å². The molecule has 0 spiro atoms. The summed E-state index contributed by atoms with van der Waals surface area (Å²) in [5.74, 6) is -15.8. The quantitative estimate of drug-likeness (QED) is 0.537. The Morgan fingerprint density at radius 3 is 0.810 bits per heavy atom. The van der Waals surface area contributed by atoms with Crippen LogP contribution in [0, 0.1) is 23.7 Å². The van der Waals surface area contributed by atoms with Gasteiger partial charge in [-0.1, -0.05) is 0 Å². The molecular weight excluding hydrogens is 336 g/mol. The molecule has 126 valence electrons. The predicted molar refractivity (Wildman–Crippen MR) is 42.8 cm³/mol. The lowest BCUT2D eigenvalue weighted by molar-refractivity contribution is -0.298. The Labute approximate surface area is 109 Å². The molecule has 0 nitrogen and oxygen atoms in total. The summed E-state index contributed by atoms with van der Waals surface area (Å²) in [5.41, 5.74) is 0. The van der Waals surface area contributed by atoms with E-state index in [1.54, 1.807) is 0 Å². The average Bonchev–Trinajstić information content (AvgIpc) is 2.52. The molecule has 12 heteroatoms. The largest absolute Gasteiger partial charge is 0.393 e. The summed E-state index contributed by atoms with van der Waals surface area (Å²) in [5, 5.41) is 0. The van der Waals surface area contributed by atoms with Crippen LogP contribution in [0.3, 0.4) is 0 Å². The zero-order chi connectivity index (χ0) is 17.0. The molecule has 1 fully saturated rings. The van der Waals surface area contributed by atoms with Gasteiger partial charge in [0.25, 0.3) is 0 Å². The standard InChI is InChI=1S/C9H6F12/c10-6(11,12)2-1-3(7(13,14)15)5(9(19,20)21)4(2)8(16,17)18/h2-5H,1H2. The lowest BCUT2D eigenvalue weighted by atomic mass is 9.85. The van der Waals surface area contributed by atoms with E-state index >= 15 is 0 Å². The molecule has 0 aromatic heterocycles. The van der Waals surface area contributed by atoms with Crippen molar-refractivity contribution in [1.29, 1.82) is 0 Å². The topological polar surface area (TPSA) is 0 Å². The highest BCUT2D eigenvalue weighted by atomic mass is 19.4. The van der Waals surface area contributed by atoms with E-state index in [0.29, 0.717) is 0 Å². The van der Waals surface area contributed by atoms with Crippen molar-refractivity contribution in [2.24, 2.45) is 23.7 Å². The van der Waals surface area contributed by atoms with Crippen molar-refractivity contribution in [3.63, 3.8) is 0 Å². The summed E-state index contributed by atoms with van der Waals surface area (Å²) < 4.78 is 150. The number of halogens is 12. The number of hydrogen-bond donors (Lipinski definition) is 0. The Bertz CT molecular complexity index is 332. The molecule has 1 rings (SSSR count). The SMILES string of the molecule is FC(F)(F)C1CC(C(F)(F)F)C(C(F)(F)F)C1C(F)(F)F. The first kappa shape index (κ1) is 18.2. The van der Waals surface area contributed by atoms with Crippen LogP contribution in [0.25, 0.3) is 0 Å². The molecule has 0 aliphatic heterocycles. The molecule has 4 atom stereocenters. The van der Waals surface area contributed by atoms with Gasteiger partial charge in [0, 0.05) is 0 Å². The minimum atomic E-state index is -6.06. The van der Waals surface area contributed by atoms with Gasteiger partial charge in [0.2, 0.25) is 0 Å². The summed E-state index contributed by atoms with van der Waals surface area (Å²) >= 11 is 0. The fourth-order valence-corrected chi connectivity index (χ4v) is 2.61. The monoisotopic (exact) mass is 342 g/mol. The van der Waals surface area contributed by atoms with Crippen LogP contribution in [0.4, 0.5) is 52.7 Å². The van der Waals surface area contributed by atoms with Gasteiger partial charge in [0.1, 0.15) is 0 Å². The fourth-order valence-electron chi connectivity index (χ4n) is 2.61. The molecule has 0 aromatic carbocycles. The highest BCUT2D eigenvalue weighted by molar-refractivity contribution is 5.01. The zero-order valence-electron chi connectivity index (χ0n) is 9.55. The Balaban J connectivity index is 3.42. The predicted octanol–water partition coefficient (Wildman–Crippen LogP) is 5.10. The van der Waals surface area contributed by atoms with Crippen LogP contribution >= 0.6 is 0 Å². The molecule has 0 radical (unpaired) electrons. The van der Waals surface area contributed by atoms with E-state index in [0.717, 1.165) is 0 Å². The smallest absolute Gasteiger partial charge is 0.171 e. The maximum Gasteiger partial charge on any atom is 0.393 e. The highest BCUT2D eigenvalue weighted by Crippen LogP contribution is 2.62. The van der Waals surface area contributed by atoms with E-state index in [1.807, 2.05) is 0 Å². The van der Waals surface area contributed by atoms with E-state index in [-0.39, 0.29) is 0 Å². The second-order valence-corrected chi connectivity index (χ2v) is 4.67.